The van der Waals surface area contributed by atoms with Gasteiger partial charge >= 0.3 is 0 Å². The standard InChI is InChI=1S/C16H15N3O/c1-11-7-12(2)19(16(20)8-11)18-10-13-9-17-15-6-4-3-5-14(13)15/h3-10,17H,1-2H3/b18-10+. The quantitative estimate of drug-likeness (QED) is 0.712. The molecule has 0 amide bonds. The average molecular weight is 265 g/mol. The number of pyridine rings is 1. The molecule has 0 unspecified atom stereocenters. The van der Waals surface area contributed by atoms with E-state index in [9.17, 15) is 4.79 Å². The summed E-state index contributed by atoms with van der Waals surface area (Å²) >= 11 is 0. The second-order valence-electron chi connectivity index (χ2n) is 4.86. The third kappa shape index (κ3) is 2.16. The fourth-order valence-electron chi connectivity index (χ4n) is 2.33. The van der Waals surface area contributed by atoms with E-state index in [4.69, 9.17) is 0 Å². The van der Waals surface area contributed by atoms with Gasteiger partial charge in [-0.3, -0.25) is 4.79 Å². The summed E-state index contributed by atoms with van der Waals surface area (Å²) in [7, 11) is 0. The number of nitrogens with zero attached hydrogens (tertiary/aromatic N) is 2. The number of nitrogens with one attached hydrogen (secondary N) is 1. The van der Waals surface area contributed by atoms with Crippen LogP contribution < -0.4 is 5.56 Å². The van der Waals surface area contributed by atoms with Crippen LogP contribution in [0.25, 0.3) is 10.9 Å². The van der Waals surface area contributed by atoms with Gasteiger partial charge in [-0.15, -0.1) is 0 Å². The molecule has 4 nitrogen and oxygen atoms in total. The second-order valence-corrected chi connectivity index (χ2v) is 4.86. The zero-order valence-electron chi connectivity index (χ0n) is 11.4. The highest BCUT2D eigenvalue weighted by Gasteiger charge is 2.02. The van der Waals surface area contributed by atoms with Crippen molar-refractivity contribution < 1.29 is 0 Å². The fraction of sp³-hybridized carbons (Fsp3) is 0.125. The van der Waals surface area contributed by atoms with Crippen LogP contribution in [-0.2, 0) is 0 Å². The van der Waals surface area contributed by atoms with Crippen LogP contribution in [0.4, 0.5) is 0 Å². The Morgan fingerprint density at radius 2 is 2.00 bits per heavy atom. The molecular formula is C16H15N3O. The van der Waals surface area contributed by atoms with Gasteiger partial charge in [0.05, 0.1) is 6.21 Å². The minimum atomic E-state index is -0.112. The van der Waals surface area contributed by atoms with Crippen molar-refractivity contribution >= 4 is 17.1 Å². The highest BCUT2D eigenvalue weighted by atomic mass is 16.1. The fourth-order valence-corrected chi connectivity index (χ4v) is 2.33. The Bertz CT molecular complexity index is 856. The highest BCUT2D eigenvalue weighted by Crippen LogP contribution is 2.15. The average Bonchev–Trinajstić information content (AvgIpc) is 2.81. The number of aryl methyl sites for hydroxylation is 2. The van der Waals surface area contributed by atoms with Gasteiger partial charge in [0.25, 0.3) is 5.56 Å². The molecule has 3 aromatic rings. The molecule has 0 saturated heterocycles. The molecule has 4 heteroatoms. The van der Waals surface area contributed by atoms with Crippen molar-refractivity contribution in [3.63, 3.8) is 0 Å². The van der Waals surface area contributed by atoms with E-state index in [1.165, 1.54) is 4.68 Å². The van der Waals surface area contributed by atoms with Crippen LogP contribution in [0.3, 0.4) is 0 Å². The Morgan fingerprint density at radius 1 is 1.20 bits per heavy atom. The lowest BCUT2D eigenvalue weighted by Crippen LogP contribution is -2.18. The zero-order valence-corrected chi connectivity index (χ0v) is 11.4. The van der Waals surface area contributed by atoms with Gasteiger partial charge in [0, 0.05) is 34.4 Å². The number of hydrogen-bond donors (Lipinski definition) is 1. The van der Waals surface area contributed by atoms with Gasteiger partial charge in [-0.25, -0.2) is 4.68 Å². The number of benzene rings is 1. The first-order chi connectivity index (χ1) is 9.65. The first-order valence-corrected chi connectivity index (χ1v) is 6.46. The summed E-state index contributed by atoms with van der Waals surface area (Å²) < 4.78 is 1.41. The van der Waals surface area contributed by atoms with Crippen LogP contribution >= 0.6 is 0 Å². The Labute approximate surface area is 116 Å². The molecule has 2 heterocycles. The molecular weight excluding hydrogens is 250 g/mol. The number of H-pyrrole nitrogens is 1. The van der Waals surface area contributed by atoms with Gasteiger partial charge < -0.3 is 4.98 Å². The van der Waals surface area contributed by atoms with E-state index < -0.39 is 0 Å². The Kier molecular flexibility index (Phi) is 2.99. The smallest absolute Gasteiger partial charge is 0.271 e. The Morgan fingerprint density at radius 3 is 2.80 bits per heavy atom. The molecule has 0 saturated carbocycles. The molecule has 20 heavy (non-hydrogen) atoms. The number of rotatable bonds is 2. The highest BCUT2D eigenvalue weighted by molar-refractivity contribution is 5.98. The third-order valence-corrected chi connectivity index (χ3v) is 3.26. The van der Waals surface area contributed by atoms with Crippen LogP contribution in [0, 0.1) is 13.8 Å². The Balaban J connectivity index is 2.05. The van der Waals surface area contributed by atoms with Crippen molar-refractivity contribution in [3.05, 3.63) is 69.8 Å². The van der Waals surface area contributed by atoms with Crippen molar-refractivity contribution in [3.8, 4) is 0 Å². The summed E-state index contributed by atoms with van der Waals surface area (Å²) in [4.78, 5) is 15.1. The lowest BCUT2D eigenvalue weighted by Gasteiger charge is -2.03. The summed E-state index contributed by atoms with van der Waals surface area (Å²) in [5.74, 6) is 0. The molecule has 0 atom stereocenters. The van der Waals surface area contributed by atoms with Crippen LogP contribution in [0.1, 0.15) is 16.8 Å². The van der Waals surface area contributed by atoms with Crippen LogP contribution in [0.15, 0.2) is 52.5 Å². The maximum absolute atomic E-state index is 11.9. The van der Waals surface area contributed by atoms with Crippen molar-refractivity contribution in [2.24, 2.45) is 5.10 Å². The van der Waals surface area contributed by atoms with Gasteiger partial charge in [-0.2, -0.15) is 5.10 Å². The first-order valence-electron chi connectivity index (χ1n) is 6.46. The van der Waals surface area contributed by atoms with Gasteiger partial charge in [-0.05, 0) is 31.5 Å². The largest absolute Gasteiger partial charge is 0.361 e. The van der Waals surface area contributed by atoms with Gasteiger partial charge in [0.15, 0.2) is 0 Å². The zero-order chi connectivity index (χ0) is 14.1. The molecule has 100 valence electrons. The Hall–Kier alpha value is -2.62. The number of hydrogen-bond acceptors (Lipinski definition) is 2. The molecule has 0 fully saturated rings. The molecule has 1 N–H and O–H groups in total. The first kappa shape index (κ1) is 12.4. The molecule has 0 spiro atoms. The molecule has 1 aromatic carbocycles. The minimum Gasteiger partial charge on any atom is -0.361 e. The van der Waals surface area contributed by atoms with Gasteiger partial charge in [0.2, 0.25) is 0 Å². The van der Waals surface area contributed by atoms with E-state index in [2.05, 4.69) is 10.1 Å². The predicted molar refractivity (Wildman–Crippen MR) is 81.5 cm³/mol. The van der Waals surface area contributed by atoms with E-state index >= 15 is 0 Å². The summed E-state index contributed by atoms with van der Waals surface area (Å²) in [5, 5.41) is 5.39. The normalized spacial score (nSPS) is 11.5. The topological polar surface area (TPSA) is 50.1 Å². The SMILES string of the molecule is Cc1cc(C)n(/N=C/c2c[nH]c3ccccc23)c(=O)c1. The number of aromatic nitrogens is 2. The van der Waals surface area contributed by atoms with Crippen molar-refractivity contribution in [2.75, 3.05) is 0 Å². The molecule has 2 aromatic heterocycles. The van der Waals surface area contributed by atoms with E-state index in [-0.39, 0.29) is 5.56 Å². The summed E-state index contributed by atoms with van der Waals surface area (Å²) in [6.45, 7) is 3.78. The maximum atomic E-state index is 11.9. The van der Waals surface area contributed by atoms with Gasteiger partial charge in [0.1, 0.15) is 0 Å². The van der Waals surface area contributed by atoms with Crippen LogP contribution in [0.5, 0.6) is 0 Å². The number of aromatic amines is 1. The molecule has 0 aliphatic rings. The lowest BCUT2D eigenvalue weighted by atomic mass is 10.2. The summed E-state index contributed by atoms with van der Waals surface area (Å²) in [5.41, 5.74) is 3.69. The molecule has 0 aliphatic heterocycles. The van der Waals surface area contributed by atoms with Gasteiger partial charge in [-0.1, -0.05) is 18.2 Å². The van der Waals surface area contributed by atoms with E-state index in [1.54, 1.807) is 12.3 Å². The predicted octanol–water partition coefficient (Wildman–Crippen LogP) is 2.83. The number of para-hydroxylation sites is 1. The maximum Gasteiger partial charge on any atom is 0.271 e. The van der Waals surface area contributed by atoms with E-state index in [0.29, 0.717) is 0 Å². The van der Waals surface area contributed by atoms with E-state index in [1.807, 2.05) is 50.4 Å². The van der Waals surface area contributed by atoms with Crippen molar-refractivity contribution in [1.82, 2.24) is 9.66 Å². The van der Waals surface area contributed by atoms with Crippen molar-refractivity contribution in [2.45, 2.75) is 13.8 Å². The molecule has 3 rings (SSSR count). The summed E-state index contributed by atoms with van der Waals surface area (Å²) in [6, 6.07) is 11.5. The lowest BCUT2D eigenvalue weighted by molar-refractivity contribution is 0.791. The second kappa shape index (κ2) is 4.81. The minimum absolute atomic E-state index is 0.112. The molecule has 0 radical (unpaired) electrons. The van der Waals surface area contributed by atoms with Crippen LogP contribution in [0.2, 0.25) is 0 Å². The van der Waals surface area contributed by atoms with Crippen molar-refractivity contribution in [1.29, 1.82) is 0 Å². The molecule has 0 bridgehead atoms. The van der Waals surface area contributed by atoms with Crippen LogP contribution in [-0.4, -0.2) is 15.9 Å². The molecule has 0 aliphatic carbocycles. The monoisotopic (exact) mass is 265 g/mol. The van der Waals surface area contributed by atoms with E-state index in [0.717, 1.165) is 27.7 Å². The number of fused-ring (bicyclic) bond motifs is 1. The third-order valence-electron chi connectivity index (χ3n) is 3.26. The summed E-state index contributed by atoms with van der Waals surface area (Å²) in [6.07, 6.45) is 3.60.